The normalized spacial score (nSPS) is 11.1. The van der Waals surface area contributed by atoms with E-state index in [-0.39, 0.29) is 22.7 Å². The minimum atomic E-state index is -3.41. The molecule has 0 bridgehead atoms. The number of carbonyl (C=O) groups excluding carboxylic acids is 1. The standard InChI is InChI=1S/C16H16N2O5S/c1-11-6-7-14(24(2,22)23)9-15(11)16(19)17-10-12-4-3-5-13(8-12)18(20)21/h3-9H,10H2,1-2H3,(H,17,19). The van der Waals surface area contributed by atoms with Gasteiger partial charge in [0.1, 0.15) is 0 Å². The first kappa shape index (κ1) is 17.6. The van der Waals surface area contributed by atoms with Crippen LogP contribution in [-0.4, -0.2) is 25.5 Å². The fraction of sp³-hybridized carbons (Fsp3) is 0.188. The van der Waals surface area contributed by atoms with Crippen molar-refractivity contribution >= 4 is 21.4 Å². The Kier molecular flexibility index (Phi) is 4.99. The number of aryl methyl sites for hydroxylation is 1. The summed E-state index contributed by atoms with van der Waals surface area (Å²) >= 11 is 0. The predicted molar refractivity (Wildman–Crippen MR) is 88.6 cm³/mol. The van der Waals surface area contributed by atoms with Crippen molar-refractivity contribution in [1.29, 1.82) is 0 Å². The molecule has 0 heterocycles. The van der Waals surface area contributed by atoms with Crippen molar-refractivity contribution in [2.75, 3.05) is 6.26 Å². The van der Waals surface area contributed by atoms with Gasteiger partial charge in [-0.2, -0.15) is 0 Å². The monoisotopic (exact) mass is 348 g/mol. The molecule has 0 fully saturated rings. The Balaban J connectivity index is 2.19. The maximum absolute atomic E-state index is 12.3. The average Bonchev–Trinajstić information content (AvgIpc) is 2.52. The topological polar surface area (TPSA) is 106 Å². The summed E-state index contributed by atoms with van der Waals surface area (Å²) in [6.07, 6.45) is 1.07. The van der Waals surface area contributed by atoms with Gasteiger partial charge in [0, 0.05) is 30.5 Å². The van der Waals surface area contributed by atoms with Crippen LogP contribution in [0.2, 0.25) is 0 Å². The molecule has 24 heavy (non-hydrogen) atoms. The summed E-state index contributed by atoms with van der Waals surface area (Å²) in [4.78, 5) is 22.6. The Hall–Kier alpha value is -2.74. The van der Waals surface area contributed by atoms with Crippen molar-refractivity contribution in [2.45, 2.75) is 18.4 Å². The van der Waals surface area contributed by atoms with Crippen LogP contribution in [0, 0.1) is 17.0 Å². The molecule has 0 spiro atoms. The highest BCUT2D eigenvalue weighted by molar-refractivity contribution is 7.90. The summed E-state index contributed by atoms with van der Waals surface area (Å²) in [6.45, 7) is 1.80. The van der Waals surface area contributed by atoms with Crippen LogP contribution in [0.4, 0.5) is 5.69 Å². The smallest absolute Gasteiger partial charge is 0.269 e. The lowest BCUT2D eigenvalue weighted by atomic mass is 10.1. The van der Waals surface area contributed by atoms with Crippen LogP contribution in [0.3, 0.4) is 0 Å². The first-order valence-electron chi connectivity index (χ1n) is 7.01. The molecule has 1 amide bonds. The molecule has 0 radical (unpaired) electrons. The fourth-order valence-electron chi connectivity index (χ4n) is 2.13. The van der Waals surface area contributed by atoms with E-state index in [2.05, 4.69) is 5.32 Å². The molecular formula is C16H16N2O5S. The third kappa shape index (κ3) is 4.17. The van der Waals surface area contributed by atoms with E-state index in [9.17, 15) is 23.3 Å². The first-order valence-corrected chi connectivity index (χ1v) is 8.90. The highest BCUT2D eigenvalue weighted by Gasteiger charge is 2.14. The molecule has 0 aliphatic carbocycles. The molecule has 2 aromatic rings. The van der Waals surface area contributed by atoms with Crippen molar-refractivity contribution in [3.8, 4) is 0 Å². The Morgan fingerprint density at radius 1 is 1.21 bits per heavy atom. The highest BCUT2D eigenvalue weighted by Crippen LogP contribution is 2.16. The average molecular weight is 348 g/mol. The van der Waals surface area contributed by atoms with Gasteiger partial charge < -0.3 is 5.32 Å². The summed E-state index contributed by atoms with van der Waals surface area (Å²) in [5.74, 6) is -0.440. The number of nitro groups is 1. The van der Waals surface area contributed by atoms with Gasteiger partial charge in [-0.15, -0.1) is 0 Å². The minimum Gasteiger partial charge on any atom is -0.348 e. The van der Waals surface area contributed by atoms with Gasteiger partial charge in [0.2, 0.25) is 0 Å². The lowest BCUT2D eigenvalue weighted by Gasteiger charge is -2.09. The maximum Gasteiger partial charge on any atom is 0.269 e. The predicted octanol–water partition coefficient (Wildman–Crippen LogP) is 2.24. The second-order valence-corrected chi connectivity index (χ2v) is 7.37. The zero-order valence-electron chi connectivity index (χ0n) is 13.1. The van der Waals surface area contributed by atoms with Crippen molar-refractivity contribution < 1.29 is 18.1 Å². The van der Waals surface area contributed by atoms with E-state index < -0.39 is 20.7 Å². The number of hydrogen-bond donors (Lipinski definition) is 1. The molecule has 7 nitrogen and oxygen atoms in total. The fourth-order valence-corrected chi connectivity index (χ4v) is 2.78. The van der Waals surface area contributed by atoms with Crippen molar-refractivity contribution in [1.82, 2.24) is 5.32 Å². The summed E-state index contributed by atoms with van der Waals surface area (Å²) < 4.78 is 23.2. The van der Waals surface area contributed by atoms with Crippen molar-refractivity contribution in [2.24, 2.45) is 0 Å². The van der Waals surface area contributed by atoms with Crippen LogP contribution in [-0.2, 0) is 16.4 Å². The van der Waals surface area contributed by atoms with Gasteiger partial charge in [-0.1, -0.05) is 18.2 Å². The van der Waals surface area contributed by atoms with Crippen molar-refractivity contribution in [3.05, 3.63) is 69.3 Å². The second-order valence-electron chi connectivity index (χ2n) is 5.36. The summed E-state index contributed by atoms with van der Waals surface area (Å²) in [7, 11) is -3.41. The molecule has 126 valence electrons. The van der Waals surface area contributed by atoms with Gasteiger partial charge in [0.05, 0.1) is 9.82 Å². The molecule has 0 atom stereocenters. The first-order chi connectivity index (χ1) is 11.2. The molecule has 8 heteroatoms. The number of carbonyl (C=O) groups is 1. The van der Waals surface area contributed by atoms with E-state index in [0.717, 1.165) is 6.26 Å². The lowest BCUT2D eigenvalue weighted by molar-refractivity contribution is -0.384. The van der Waals surface area contributed by atoms with E-state index in [1.54, 1.807) is 19.1 Å². The Morgan fingerprint density at radius 2 is 1.92 bits per heavy atom. The largest absolute Gasteiger partial charge is 0.348 e. The number of benzene rings is 2. The highest BCUT2D eigenvalue weighted by atomic mass is 32.2. The van der Waals surface area contributed by atoms with Gasteiger partial charge in [-0.05, 0) is 30.2 Å². The molecule has 0 saturated heterocycles. The van der Waals surface area contributed by atoms with Crippen LogP contribution in [0.1, 0.15) is 21.5 Å². The number of nitrogens with one attached hydrogen (secondary N) is 1. The minimum absolute atomic E-state index is 0.0583. The number of rotatable bonds is 5. The summed E-state index contributed by atoms with van der Waals surface area (Å²) in [5.41, 5.74) is 1.41. The molecule has 0 aliphatic heterocycles. The molecule has 0 saturated carbocycles. The second kappa shape index (κ2) is 6.79. The van der Waals surface area contributed by atoms with Gasteiger partial charge in [0.25, 0.3) is 11.6 Å². The molecule has 0 aliphatic rings. The van der Waals surface area contributed by atoms with Crippen molar-refractivity contribution in [3.63, 3.8) is 0 Å². The maximum atomic E-state index is 12.3. The molecule has 0 unspecified atom stereocenters. The number of hydrogen-bond acceptors (Lipinski definition) is 5. The van der Waals surface area contributed by atoms with E-state index in [0.29, 0.717) is 11.1 Å². The van der Waals surface area contributed by atoms with Crippen LogP contribution >= 0.6 is 0 Å². The van der Waals surface area contributed by atoms with Gasteiger partial charge in [-0.25, -0.2) is 8.42 Å². The van der Waals surface area contributed by atoms with Crippen LogP contribution in [0.5, 0.6) is 0 Å². The third-order valence-corrected chi connectivity index (χ3v) is 4.57. The Labute approximate surface area is 139 Å². The number of sulfone groups is 1. The van der Waals surface area contributed by atoms with Crippen LogP contribution < -0.4 is 5.32 Å². The Morgan fingerprint density at radius 3 is 2.54 bits per heavy atom. The lowest BCUT2D eigenvalue weighted by Crippen LogP contribution is -2.24. The van der Waals surface area contributed by atoms with Gasteiger partial charge in [0.15, 0.2) is 9.84 Å². The molecular weight excluding hydrogens is 332 g/mol. The third-order valence-electron chi connectivity index (χ3n) is 3.46. The van der Waals surface area contributed by atoms with E-state index in [4.69, 9.17) is 0 Å². The van der Waals surface area contributed by atoms with E-state index in [1.165, 1.54) is 30.3 Å². The zero-order valence-corrected chi connectivity index (χ0v) is 14.0. The molecule has 2 rings (SSSR count). The summed E-state index contributed by atoms with van der Waals surface area (Å²) in [5, 5.41) is 13.4. The number of amides is 1. The number of nitro benzene ring substituents is 1. The molecule has 0 aromatic heterocycles. The quantitative estimate of drug-likeness (QED) is 0.659. The van der Waals surface area contributed by atoms with Gasteiger partial charge >= 0.3 is 0 Å². The van der Waals surface area contributed by atoms with Crippen LogP contribution in [0.25, 0.3) is 0 Å². The van der Waals surface area contributed by atoms with E-state index >= 15 is 0 Å². The Bertz CT molecular complexity index is 906. The molecule has 2 aromatic carbocycles. The van der Waals surface area contributed by atoms with Gasteiger partial charge in [-0.3, -0.25) is 14.9 Å². The number of nitrogens with zero attached hydrogens (tertiary/aromatic N) is 1. The van der Waals surface area contributed by atoms with E-state index in [1.807, 2.05) is 0 Å². The SMILES string of the molecule is Cc1ccc(S(C)(=O)=O)cc1C(=O)NCc1cccc([N+](=O)[O-])c1. The molecule has 1 N–H and O–H groups in total. The zero-order chi connectivity index (χ0) is 17.9. The van der Waals surface area contributed by atoms with Crippen LogP contribution in [0.15, 0.2) is 47.4 Å². The summed E-state index contributed by atoms with van der Waals surface area (Å²) in [6, 6.07) is 10.3. The number of non-ortho nitro benzene ring substituents is 1.